The molecule has 3 aliphatic rings. The van der Waals surface area contributed by atoms with Crippen LogP contribution < -0.4 is 5.32 Å². The highest BCUT2D eigenvalue weighted by Crippen LogP contribution is 2.29. The Balaban J connectivity index is 1.58. The highest BCUT2D eigenvalue weighted by atomic mass is 16.2. The van der Waals surface area contributed by atoms with Crippen LogP contribution in [0.3, 0.4) is 0 Å². The summed E-state index contributed by atoms with van der Waals surface area (Å²) in [5.74, 6) is 0.152. The first kappa shape index (κ1) is 21.8. The summed E-state index contributed by atoms with van der Waals surface area (Å²) in [6.45, 7) is 8.22. The molecule has 0 radical (unpaired) electrons. The van der Waals surface area contributed by atoms with Gasteiger partial charge in [0, 0.05) is 31.7 Å². The van der Waals surface area contributed by atoms with Crippen LogP contribution in [0.4, 0.5) is 0 Å². The Morgan fingerprint density at radius 2 is 1.87 bits per heavy atom. The van der Waals surface area contributed by atoms with E-state index in [1.54, 1.807) is 15.6 Å². The first-order valence-corrected chi connectivity index (χ1v) is 11.8. The van der Waals surface area contributed by atoms with Gasteiger partial charge in [0.05, 0.1) is 6.54 Å². The highest BCUT2D eigenvalue weighted by molar-refractivity contribution is 6.02. The van der Waals surface area contributed by atoms with Gasteiger partial charge in [-0.25, -0.2) is 0 Å². The Bertz CT molecular complexity index is 851. The zero-order chi connectivity index (χ0) is 22.2. The van der Waals surface area contributed by atoms with Crippen molar-refractivity contribution in [3.63, 3.8) is 0 Å². The van der Waals surface area contributed by atoms with Crippen LogP contribution in [-0.4, -0.2) is 68.5 Å². The average molecular weight is 430 g/mol. The molecule has 31 heavy (non-hydrogen) atoms. The van der Waals surface area contributed by atoms with Crippen molar-refractivity contribution in [1.29, 1.82) is 0 Å². The van der Waals surface area contributed by atoms with Crippen LogP contribution in [-0.2, 0) is 11.3 Å². The number of hydrogen-bond donors (Lipinski definition) is 1. The Labute approximate surface area is 184 Å². The predicted octanol–water partition coefficient (Wildman–Crippen LogP) is 2.44. The van der Waals surface area contributed by atoms with E-state index in [9.17, 15) is 14.4 Å². The lowest BCUT2D eigenvalue weighted by molar-refractivity contribution is -0.133. The van der Waals surface area contributed by atoms with E-state index in [4.69, 9.17) is 0 Å². The van der Waals surface area contributed by atoms with Crippen LogP contribution in [0.5, 0.6) is 0 Å². The van der Waals surface area contributed by atoms with Crippen molar-refractivity contribution in [1.82, 2.24) is 24.9 Å². The number of likely N-dealkylation sites (tertiary alicyclic amines) is 1. The molecule has 1 atom stereocenters. The van der Waals surface area contributed by atoms with Crippen molar-refractivity contribution >= 4 is 17.7 Å². The van der Waals surface area contributed by atoms with Crippen LogP contribution in [0.25, 0.3) is 0 Å². The maximum Gasteiger partial charge on any atom is 0.274 e. The van der Waals surface area contributed by atoms with Gasteiger partial charge in [0.1, 0.15) is 11.2 Å². The largest absolute Gasteiger partial charge is 0.351 e. The van der Waals surface area contributed by atoms with E-state index in [1.807, 2.05) is 18.7 Å². The summed E-state index contributed by atoms with van der Waals surface area (Å²) in [4.78, 5) is 43.2. The standard InChI is InChI=1S/C23H35N5O3/c1-4-11-27-21(30)19-14-18(20(29)26-12-9-16(2)10-13-26)25-28(19)15-23(27,3)22(31)24-17-7-5-6-8-17/h14,16-17H,4-13,15H2,1-3H3,(H,24,31). The molecule has 1 aromatic heterocycles. The Hall–Kier alpha value is -2.38. The van der Waals surface area contributed by atoms with Crippen LogP contribution in [0.15, 0.2) is 6.07 Å². The lowest BCUT2D eigenvalue weighted by atomic mass is 9.94. The molecule has 1 unspecified atom stereocenters. The van der Waals surface area contributed by atoms with E-state index in [0.29, 0.717) is 23.9 Å². The van der Waals surface area contributed by atoms with Gasteiger partial charge in [0.2, 0.25) is 5.91 Å². The van der Waals surface area contributed by atoms with Gasteiger partial charge in [-0.05, 0) is 44.9 Å². The van der Waals surface area contributed by atoms with Gasteiger partial charge < -0.3 is 15.1 Å². The Kier molecular flexibility index (Phi) is 6.08. The van der Waals surface area contributed by atoms with Gasteiger partial charge >= 0.3 is 0 Å². The molecule has 1 saturated heterocycles. The number of nitrogens with zero attached hydrogens (tertiary/aromatic N) is 4. The molecule has 3 amide bonds. The van der Waals surface area contributed by atoms with Crippen molar-refractivity contribution in [3.05, 3.63) is 17.5 Å². The number of carbonyl (C=O) groups is 3. The average Bonchev–Trinajstić information content (AvgIpc) is 3.41. The summed E-state index contributed by atoms with van der Waals surface area (Å²) >= 11 is 0. The van der Waals surface area contributed by atoms with Gasteiger partial charge in [0.15, 0.2) is 5.69 Å². The summed E-state index contributed by atoms with van der Waals surface area (Å²) < 4.78 is 1.57. The maximum absolute atomic E-state index is 13.4. The molecule has 1 saturated carbocycles. The zero-order valence-corrected chi connectivity index (χ0v) is 19.0. The summed E-state index contributed by atoms with van der Waals surface area (Å²) in [5, 5.41) is 7.66. The lowest BCUT2D eigenvalue weighted by Crippen LogP contribution is -2.65. The molecule has 1 aliphatic carbocycles. The van der Waals surface area contributed by atoms with E-state index < -0.39 is 5.54 Å². The van der Waals surface area contributed by atoms with Crippen molar-refractivity contribution in [2.45, 2.75) is 83.8 Å². The number of hydrogen-bond acceptors (Lipinski definition) is 4. The van der Waals surface area contributed by atoms with Crippen LogP contribution in [0.2, 0.25) is 0 Å². The van der Waals surface area contributed by atoms with Crippen LogP contribution in [0, 0.1) is 5.92 Å². The molecule has 8 heteroatoms. The van der Waals surface area contributed by atoms with Gasteiger partial charge in [0.25, 0.3) is 11.8 Å². The van der Waals surface area contributed by atoms with E-state index in [2.05, 4.69) is 17.3 Å². The first-order chi connectivity index (χ1) is 14.8. The summed E-state index contributed by atoms with van der Waals surface area (Å²) in [7, 11) is 0. The van der Waals surface area contributed by atoms with E-state index in [1.165, 1.54) is 0 Å². The number of piperidine rings is 1. The number of fused-ring (bicyclic) bond motifs is 1. The second kappa shape index (κ2) is 8.63. The molecule has 0 aromatic carbocycles. The fraction of sp³-hybridized carbons (Fsp3) is 0.739. The molecule has 2 fully saturated rings. The zero-order valence-electron chi connectivity index (χ0n) is 19.0. The minimum atomic E-state index is -1.02. The highest BCUT2D eigenvalue weighted by Gasteiger charge is 2.48. The van der Waals surface area contributed by atoms with Crippen molar-refractivity contribution in [2.24, 2.45) is 5.92 Å². The molecule has 0 spiro atoms. The monoisotopic (exact) mass is 429 g/mol. The maximum atomic E-state index is 13.4. The Morgan fingerprint density at radius 3 is 2.52 bits per heavy atom. The molecule has 8 nitrogen and oxygen atoms in total. The normalized spacial score (nSPS) is 25.1. The van der Waals surface area contributed by atoms with E-state index in [0.717, 1.165) is 58.0 Å². The third-order valence-electron chi connectivity index (χ3n) is 7.21. The molecule has 4 rings (SSSR count). The molecule has 2 aliphatic heterocycles. The van der Waals surface area contributed by atoms with Crippen LogP contribution in [0.1, 0.15) is 86.7 Å². The van der Waals surface area contributed by atoms with Crippen molar-refractivity contribution in [2.75, 3.05) is 19.6 Å². The van der Waals surface area contributed by atoms with Gasteiger partial charge in [-0.15, -0.1) is 0 Å². The molecular formula is C23H35N5O3. The molecule has 1 N–H and O–H groups in total. The molecule has 1 aromatic rings. The van der Waals surface area contributed by atoms with Crippen molar-refractivity contribution in [3.8, 4) is 0 Å². The lowest BCUT2D eigenvalue weighted by Gasteiger charge is -2.43. The number of nitrogens with one attached hydrogen (secondary N) is 1. The quantitative estimate of drug-likeness (QED) is 0.779. The predicted molar refractivity (Wildman–Crippen MR) is 117 cm³/mol. The SMILES string of the molecule is CCCN1C(=O)c2cc(C(=O)N3CCC(C)CC3)nn2CC1(C)C(=O)NC1CCCC1. The van der Waals surface area contributed by atoms with Gasteiger partial charge in [-0.1, -0.05) is 26.7 Å². The molecule has 170 valence electrons. The van der Waals surface area contributed by atoms with Gasteiger partial charge in [-0.3, -0.25) is 19.1 Å². The van der Waals surface area contributed by atoms with Crippen LogP contribution >= 0.6 is 0 Å². The fourth-order valence-electron chi connectivity index (χ4n) is 5.10. The smallest absolute Gasteiger partial charge is 0.274 e. The van der Waals surface area contributed by atoms with E-state index >= 15 is 0 Å². The summed E-state index contributed by atoms with van der Waals surface area (Å²) in [5.41, 5.74) is -0.321. The minimum Gasteiger partial charge on any atom is -0.351 e. The van der Waals surface area contributed by atoms with E-state index in [-0.39, 0.29) is 30.3 Å². The Morgan fingerprint density at radius 1 is 1.19 bits per heavy atom. The molecule has 3 heterocycles. The third-order valence-corrected chi connectivity index (χ3v) is 7.21. The topological polar surface area (TPSA) is 87.5 Å². The first-order valence-electron chi connectivity index (χ1n) is 11.8. The van der Waals surface area contributed by atoms with Gasteiger partial charge in [-0.2, -0.15) is 5.10 Å². The number of carbonyl (C=O) groups excluding carboxylic acids is 3. The van der Waals surface area contributed by atoms with Crippen molar-refractivity contribution < 1.29 is 14.4 Å². The number of aromatic nitrogens is 2. The second-order valence-corrected chi connectivity index (χ2v) is 9.73. The molecular weight excluding hydrogens is 394 g/mol. The minimum absolute atomic E-state index is 0.124. The number of rotatable bonds is 5. The summed E-state index contributed by atoms with van der Waals surface area (Å²) in [6, 6.07) is 1.79. The molecule has 0 bridgehead atoms. The second-order valence-electron chi connectivity index (χ2n) is 9.73. The summed E-state index contributed by atoms with van der Waals surface area (Å²) in [6.07, 6.45) is 6.97. The number of amides is 3. The fourth-order valence-corrected chi connectivity index (χ4v) is 5.10. The third kappa shape index (κ3) is 4.08.